The molecule has 0 saturated carbocycles. The molecule has 116 valence electrons. The fraction of sp³-hybridized carbons (Fsp3) is 0.500. The lowest BCUT2D eigenvalue weighted by atomic mass is 10.1. The van der Waals surface area contributed by atoms with Crippen LogP contribution in [0.4, 0.5) is 0 Å². The first-order chi connectivity index (χ1) is 9.77. The summed E-state index contributed by atoms with van der Waals surface area (Å²) >= 11 is 0. The highest BCUT2D eigenvalue weighted by molar-refractivity contribution is 7.89. The van der Waals surface area contributed by atoms with Gasteiger partial charge in [0.2, 0.25) is 15.8 Å². The van der Waals surface area contributed by atoms with E-state index >= 15 is 0 Å². The minimum atomic E-state index is -3.89. The third kappa shape index (κ3) is 2.79. The van der Waals surface area contributed by atoms with Crippen molar-refractivity contribution < 1.29 is 32.3 Å². The van der Waals surface area contributed by atoms with Crippen molar-refractivity contribution in [2.75, 3.05) is 20.2 Å². The minimum Gasteiger partial charge on any atom is -0.475 e. The van der Waals surface area contributed by atoms with Gasteiger partial charge in [0.1, 0.15) is 10.7 Å². The molecule has 2 heterocycles. The Morgan fingerprint density at radius 2 is 2.14 bits per heavy atom. The average molecular weight is 317 g/mol. The molecule has 0 spiro atoms. The fourth-order valence-corrected chi connectivity index (χ4v) is 3.93. The van der Waals surface area contributed by atoms with Crippen LogP contribution in [0.3, 0.4) is 0 Å². The van der Waals surface area contributed by atoms with E-state index in [0.717, 1.165) is 10.4 Å². The highest BCUT2D eigenvalue weighted by Gasteiger charge is 2.38. The molecule has 1 unspecified atom stereocenters. The lowest BCUT2D eigenvalue weighted by Gasteiger charge is -2.15. The molecule has 1 N–H and O–H groups in total. The maximum Gasteiger partial charge on any atom is 0.371 e. The SMILES string of the molecule is COC(=O)C1CCN(S(=O)(=O)c2cc(C(=O)O)oc2C)C1. The highest BCUT2D eigenvalue weighted by Crippen LogP contribution is 2.28. The minimum absolute atomic E-state index is 0.00826. The Bertz CT molecular complexity index is 676. The average Bonchev–Trinajstić information content (AvgIpc) is 3.04. The molecule has 1 aliphatic heterocycles. The van der Waals surface area contributed by atoms with Crippen LogP contribution in [-0.4, -0.2) is 50.0 Å². The summed E-state index contributed by atoms with van der Waals surface area (Å²) in [5, 5.41) is 8.84. The quantitative estimate of drug-likeness (QED) is 0.803. The fourth-order valence-electron chi connectivity index (χ4n) is 2.27. The molecule has 0 aliphatic carbocycles. The molecule has 0 aromatic carbocycles. The molecule has 1 aliphatic rings. The molecule has 9 heteroatoms. The van der Waals surface area contributed by atoms with Crippen LogP contribution in [0.15, 0.2) is 15.4 Å². The number of carboxylic acids is 1. The van der Waals surface area contributed by atoms with Crippen LogP contribution in [0.5, 0.6) is 0 Å². The summed E-state index contributed by atoms with van der Waals surface area (Å²) in [4.78, 5) is 22.1. The van der Waals surface area contributed by atoms with Gasteiger partial charge in [0.25, 0.3) is 0 Å². The normalized spacial score (nSPS) is 19.6. The van der Waals surface area contributed by atoms with Crippen LogP contribution in [0.1, 0.15) is 22.7 Å². The van der Waals surface area contributed by atoms with Crippen molar-refractivity contribution in [3.63, 3.8) is 0 Å². The number of nitrogens with zero attached hydrogens (tertiary/aromatic N) is 1. The van der Waals surface area contributed by atoms with Gasteiger partial charge in [-0.1, -0.05) is 0 Å². The number of ether oxygens (including phenoxy) is 1. The van der Waals surface area contributed by atoms with Crippen molar-refractivity contribution in [2.24, 2.45) is 5.92 Å². The summed E-state index contributed by atoms with van der Waals surface area (Å²) in [5.74, 6) is -2.73. The zero-order chi connectivity index (χ0) is 15.8. The van der Waals surface area contributed by atoms with Gasteiger partial charge in [-0.15, -0.1) is 0 Å². The summed E-state index contributed by atoms with van der Waals surface area (Å²) in [5.41, 5.74) is 0. The van der Waals surface area contributed by atoms with Crippen molar-refractivity contribution in [3.05, 3.63) is 17.6 Å². The molecule has 1 atom stereocenters. The molecule has 0 radical (unpaired) electrons. The predicted octanol–water partition coefficient (Wildman–Crippen LogP) is 0.470. The Labute approximate surface area is 121 Å². The van der Waals surface area contributed by atoms with E-state index in [1.807, 2.05) is 0 Å². The van der Waals surface area contributed by atoms with Gasteiger partial charge in [0.15, 0.2) is 0 Å². The van der Waals surface area contributed by atoms with Crippen molar-refractivity contribution in [2.45, 2.75) is 18.2 Å². The number of methoxy groups -OCH3 is 1. The molecular weight excluding hydrogens is 302 g/mol. The van der Waals surface area contributed by atoms with Crippen molar-refractivity contribution >= 4 is 22.0 Å². The summed E-state index contributed by atoms with van der Waals surface area (Å²) in [6, 6.07) is 0.985. The van der Waals surface area contributed by atoms with Gasteiger partial charge in [-0.25, -0.2) is 13.2 Å². The van der Waals surface area contributed by atoms with Crippen LogP contribution >= 0.6 is 0 Å². The standard InChI is InChI=1S/C12H15NO7S/c1-7-10(5-9(20-7)11(14)15)21(17,18)13-4-3-8(6-13)12(16)19-2/h5,8H,3-4,6H2,1-2H3,(H,14,15). The number of carboxylic acid groups (broad SMARTS) is 1. The van der Waals surface area contributed by atoms with Crippen LogP contribution in [0.25, 0.3) is 0 Å². The molecule has 21 heavy (non-hydrogen) atoms. The number of aryl methyl sites for hydroxylation is 1. The third-order valence-corrected chi connectivity index (χ3v) is 5.36. The molecule has 8 nitrogen and oxygen atoms in total. The number of hydrogen-bond acceptors (Lipinski definition) is 6. The Morgan fingerprint density at radius 3 is 2.67 bits per heavy atom. The Hall–Kier alpha value is -1.87. The van der Waals surface area contributed by atoms with Crippen LogP contribution in [-0.2, 0) is 19.6 Å². The van der Waals surface area contributed by atoms with Gasteiger partial charge in [0.05, 0.1) is 13.0 Å². The van der Waals surface area contributed by atoms with Gasteiger partial charge in [-0.05, 0) is 13.3 Å². The zero-order valence-corrected chi connectivity index (χ0v) is 12.3. The number of hydrogen-bond donors (Lipinski definition) is 1. The van der Waals surface area contributed by atoms with Crippen molar-refractivity contribution in [1.29, 1.82) is 0 Å². The Balaban J connectivity index is 2.27. The van der Waals surface area contributed by atoms with Gasteiger partial charge in [-0.2, -0.15) is 4.31 Å². The molecule has 0 bridgehead atoms. The maximum atomic E-state index is 12.5. The van der Waals surface area contributed by atoms with Crippen LogP contribution < -0.4 is 0 Å². The molecular formula is C12H15NO7S. The van der Waals surface area contributed by atoms with Gasteiger partial charge in [-0.3, -0.25) is 4.79 Å². The number of esters is 1. The molecule has 1 saturated heterocycles. The van der Waals surface area contributed by atoms with Crippen molar-refractivity contribution in [3.8, 4) is 0 Å². The first kappa shape index (κ1) is 15.5. The topological polar surface area (TPSA) is 114 Å². The summed E-state index contributed by atoms with van der Waals surface area (Å²) < 4.78 is 35.6. The molecule has 0 amide bonds. The first-order valence-corrected chi connectivity index (χ1v) is 7.63. The summed E-state index contributed by atoms with van der Waals surface area (Å²) in [6.45, 7) is 1.57. The van der Waals surface area contributed by atoms with Crippen LogP contribution in [0.2, 0.25) is 0 Å². The van der Waals surface area contributed by atoms with E-state index in [4.69, 9.17) is 9.52 Å². The van der Waals surface area contributed by atoms with E-state index in [2.05, 4.69) is 4.74 Å². The van der Waals surface area contributed by atoms with Gasteiger partial charge in [0, 0.05) is 19.2 Å². The van der Waals surface area contributed by atoms with Crippen LogP contribution in [0, 0.1) is 12.8 Å². The summed E-state index contributed by atoms with van der Waals surface area (Å²) in [7, 11) is -2.64. The number of rotatable bonds is 4. The predicted molar refractivity (Wildman–Crippen MR) is 69.3 cm³/mol. The van der Waals surface area contributed by atoms with E-state index < -0.39 is 33.6 Å². The molecule has 2 rings (SSSR count). The lowest BCUT2D eigenvalue weighted by molar-refractivity contribution is -0.144. The van der Waals surface area contributed by atoms with E-state index in [9.17, 15) is 18.0 Å². The number of aromatic carboxylic acids is 1. The van der Waals surface area contributed by atoms with Gasteiger partial charge < -0.3 is 14.3 Å². The maximum absolute atomic E-state index is 12.5. The van der Waals surface area contributed by atoms with Gasteiger partial charge >= 0.3 is 11.9 Å². The second-order valence-corrected chi connectivity index (χ2v) is 6.61. The molecule has 1 fully saturated rings. The Kier molecular flexibility index (Phi) is 4.06. The number of carbonyl (C=O) groups excluding carboxylic acids is 1. The zero-order valence-electron chi connectivity index (χ0n) is 11.5. The second kappa shape index (κ2) is 5.49. The number of carbonyl (C=O) groups is 2. The van der Waals surface area contributed by atoms with E-state index in [0.29, 0.717) is 6.42 Å². The van der Waals surface area contributed by atoms with E-state index in [-0.39, 0.29) is 23.7 Å². The van der Waals surface area contributed by atoms with Crippen molar-refractivity contribution in [1.82, 2.24) is 4.31 Å². The highest BCUT2D eigenvalue weighted by atomic mass is 32.2. The smallest absolute Gasteiger partial charge is 0.371 e. The third-order valence-electron chi connectivity index (χ3n) is 3.39. The number of sulfonamides is 1. The Morgan fingerprint density at radius 1 is 1.48 bits per heavy atom. The first-order valence-electron chi connectivity index (χ1n) is 6.19. The van der Waals surface area contributed by atoms with E-state index in [1.165, 1.54) is 14.0 Å². The monoisotopic (exact) mass is 317 g/mol. The lowest BCUT2D eigenvalue weighted by Crippen LogP contribution is -2.30. The number of furan rings is 1. The largest absolute Gasteiger partial charge is 0.475 e. The summed E-state index contributed by atoms with van der Waals surface area (Å²) in [6.07, 6.45) is 0.370. The second-order valence-electron chi connectivity index (χ2n) is 4.71. The molecule has 1 aromatic heterocycles. The molecule has 1 aromatic rings. The van der Waals surface area contributed by atoms with E-state index in [1.54, 1.807) is 0 Å².